The topological polar surface area (TPSA) is 65.0 Å². The summed E-state index contributed by atoms with van der Waals surface area (Å²) >= 11 is 0. The zero-order chi connectivity index (χ0) is 21.5. The van der Waals surface area contributed by atoms with Crippen LogP contribution in [0.1, 0.15) is 86.5 Å². The molecule has 0 aromatic heterocycles. The van der Waals surface area contributed by atoms with E-state index in [0.29, 0.717) is 6.61 Å². The highest BCUT2D eigenvalue weighted by Gasteiger charge is 2.71. The normalized spacial score (nSPS) is 41.0. The second-order valence-electron chi connectivity index (χ2n) is 10.2. The van der Waals surface area contributed by atoms with Crippen LogP contribution in [0.5, 0.6) is 0 Å². The number of hydrogen-bond donors (Lipinski definition) is 0. The second-order valence-corrected chi connectivity index (χ2v) is 10.2. The Morgan fingerprint density at radius 1 is 1.07 bits per heavy atom. The highest BCUT2D eigenvalue weighted by molar-refractivity contribution is 5.76. The first-order chi connectivity index (χ1) is 13.5. The van der Waals surface area contributed by atoms with Gasteiger partial charge in [0.2, 0.25) is 0 Å². The number of ether oxygens (including phenoxy) is 2. The zero-order valence-corrected chi connectivity index (χ0v) is 19.0. The van der Waals surface area contributed by atoms with Gasteiger partial charge >= 0.3 is 11.9 Å². The van der Waals surface area contributed by atoms with Crippen molar-refractivity contribution < 1.29 is 19.1 Å². The molecule has 0 amide bonds. The molecule has 3 rings (SSSR count). The molecule has 1 heterocycles. The van der Waals surface area contributed by atoms with E-state index in [0.717, 1.165) is 32.1 Å². The molecule has 1 spiro atoms. The van der Waals surface area contributed by atoms with Crippen LogP contribution in [0.3, 0.4) is 0 Å². The van der Waals surface area contributed by atoms with Gasteiger partial charge in [-0.05, 0) is 58.4 Å². The molecule has 2 fully saturated rings. The Hall–Kier alpha value is -1.65. The predicted molar refractivity (Wildman–Crippen MR) is 114 cm³/mol. The van der Waals surface area contributed by atoms with E-state index >= 15 is 0 Å². The summed E-state index contributed by atoms with van der Waals surface area (Å²) in [7, 11) is 0. The minimum absolute atomic E-state index is 0.00731. The summed E-state index contributed by atoms with van der Waals surface area (Å²) in [6.07, 6.45) is 11.4. The van der Waals surface area contributed by atoms with Crippen molar-refractivity contribution in [2.24, 2.45) is 21.7 Å². The summed E-state index contributed by atoms with van der Waals surface area (Å²) < 4.78 is 11.1. The molecule has 0 aromatic rings. The maximum absolute atomic E-state index is 12.0. The Balaban J connectivity index is 1.87. The summed E-state index contributed by atoms with van der Waals surface area (Å²) in [5.74, 6) is -0.223. The van der Waals surface area contributed by atoms with Gasteiger partial charge < -0.3 is 9.47 Å². The SMILES string of the molecule is CC(=O)OC/C=C(\C)CC[C@H]1[C@](C)(OC(C)=O)CC[C@@]23N=C[C@]2(C)CCC[C@]13C. The fourth-order valence-corrected chi connectivity index (χ4v) is 6.77. The molecule has 0 aromatic carbocycles. The highest BCUT2D eigenvalue weighted by Crippen LogP contribution is 2.69. The lowest BCUT2D eigenvalue weighted by atomic mass is 9.39. The maximum atomic E-state index is 12.0. The van der Waals surface area contributed by atoms with Crippen molar-refractivity contribution in [1.82, 2.24) is 0 Å². The second kappa shape index (κ2) is 7.55. The largest absolute Gasteiger partial charge is 0.462 e. The van der Waals surface area contributed by atoms with Crippen LogP contribution in [0.4, 0.5) is 0 Å². The molecule has 0 saturated heterocycles. The van der Waals surface area contributed by atoms with Gasteiger partial charge in [0.1, 0.15) is 12.2 Å². The van der Waals surface area contributed by atoms with Crippen molar-refractivity contribution in [3.8, 4) is 0 Å². The molecule has 2 saturated carbocycles. The predicted octanol–water partition coefficient (Wildman–Crippen LogP) is 5.03. The van der Waals surface area contributed by atoms with Crippen LogP contribution >= 0.6 is 0 Å². The van der Waals surface area contributed by atoms with Crippen LogP contribution in [-0.2, 0) is 19.1 Å². The number of carbonyl (C=O) groups excluding carboxylic acids is 2. The summed E-state index contributed by atoms with van der Waals surface area (Å²) in [6, 6.07) is 0. The number of aliphatic imine (C=N–C) groups is 1. The van der Waals surface area contributed by atoms with Crippen molar-refractivity contribution in [2.75, 3.05) is 6.61 Å². The van der Waals surface area contributed by atoms with Gasteiger partial charge in [0.25, 0.3) is 0 Å². The molecule has 5 atom stereocenters. The molecular weight excluding hydrogens is 366 g/mol. The number of nitrogens with zero attached hydrogens (tertiary/aromatic N) is 1. The quantitative estimate of drug-likeness (QED) is 0.461. The summed E-state index contributed by atoms with van der Waals surface area (Å²) in [5.41, 5.74) is 0.877. The summed E-state index contributed by atoms with van der Waals surface area (Å²) in [4.78, 5) is 28.0. The van der Waals surface area contributed by atoms with Gasteiger partial charge in [0, 0.05) is 36.8 Å². The minimum atomic E-state index is -0.467. The summed E-state index contributed by atoms with van der Waals surface area (Å²) in [6.45, 7) is 12.2. The van der Waals surface area contributed by atoms with Crippen LogP contribution in [0, 0.1) is 16.7 Å². The van der Waals surface area contributed by atoms with Crippen molar-refractivity contribution in [2.45, 2.75) is 97.6 Å². The van der Waals surface area contributed by atoms with Crippen molar-refractivity contribution >= 4 is 18.2 Å². The average Bonchev–Trinajstić information content (AvgIpc) is 2.58. The van der Waals surface area contributed by atoms with Gasteiger partial charge in [0.15, 0.2) is 0 Å². The van der Waals surface area contributed by atoms with Gasteiger partial charge in [-0.25, -0.2) is 0 Å². The van der Waals surface area contributed by atoms with E-state index in [9.17, 15) is 9.59 Å². The standard InChI is InChI=1S/C24H37NO4/c1-17(10-15-28-18(2)26)8-9-20-22(5)12-7-11-21(4)16-25-24(21,22)14-13-23(20,6)29-19(3)27/h10,16,20H,7-9,11-15H2,1-6H3/b17-10+/t20-,21+,22-,23-,24-/m1/s1. The fraction of sp³-hybridized carbons (Fsp3) is 0.792. The first kappa shape index (κ1) is 22.0. The molecule has 162 valence electrons. The number of rotatable bonds is 6. The lowest BCUT2D eigenvalue weighted by Gasteiger charge is -2.70. The van der Waals surface area contributed by atoms with Gasteiger partial charge in [0.05, 0.1) is 5.54 Å². The van der Waals surface area contributed by atoms with Crippen molar-refractivity contribution in [3.63, 3.8) is 0 Å². The Kier molecular flexibility index (Phi) is 5.74. The molecule has 0 bridgehead atoms. The maximum Gasteiger partial charge on any atom is 0.303 e. The van der Waals surface area contributed by atoms with Crippen LogP contribution in [0.25, 0.3) is 0 Å². The van der Waals surface area contributed by atoms with Crippen LogP contribution < -0.4 is 0 Å². The molecule has 0 N–H and O–H groups in total. The molecule has 29 heavy (non-hydrogen) atoms. The van der Waals surface area contributed by atoms with E-state index in [4.69, 9.17) is 14.5 Å². The molecule has 2 aliphatic carbocycles. The number of hydrogen-bond acceptors (Lipinski definition) is 5. The average molecular weight is 404 g/mol. The summed E-state index contributed by atoms with van der Waals surface area (Å²) in [5, 5.41) is 0. The third-order valence-corrected chi connectivity index (χ3v) is 8.26. The van der Waals surface area contributed by atoms with Crippen molar-refractivity contribution in [3.05, 3.63) is 11.6 Å². The third-order valence-electron chi connectivity index (χ3n) is 8.26. The molecule has 0 radical (unpaired) electrons. The monoisotopic (exact) mass is 403 g/mol. The Morgan fingerprint density at radius 2 is 1.79 bits per heavy atom. The molecule has 5 nitrogen and oxygen atoms in total. The first-order valence-electron chi connectivity index (χ1n) is 11.0. The van der Waals surface area contributed by atoms with Crippen LogP contribution in [0.15, 0.2) is 16.6 Å². The van der Waals surface area contributed by atoms with Gasteiger partial charge in [-0.1, -0.05) is 25.8 Å². The molecule has 3 aliphatic rings. The molecular formula is C24H37NO4. The van der Waals surface area contributed by atoms with E-state index < -0.39 is 5.60 Å². The Labute approximate surface area is 175 Å². The van der Waals surface area contributed by atoms with E-state index in [1.54, 1.807) is 0 Å². The Bertz CT molecular complexity index is 743. The first-order valence-corrected chi connectivity index (χ1v) is 11.0. The van der Waals surface area contributed by atoms with Crippen LogP contribution in [-0.4, -0.2) is 35.9 Å². The van der Waals surface area contributed by atoms with E-state index in [1.165, 1.54) is 32.3 Å². The highest BCUT2D eigenvalue weighted by atomic mass is 16.6. The van der Waals surface area contributed by atoms with Gasteiger partial charge in [-0.2, -0.15) is 0 Å². The van der Waals surface area contributed by atoms with E-state index in [2.05, 4.69) is 33.9 Å². The van der Waals surface area contributed by atoms with E-state index in [1.807, 2.05) is 6.08 Å². The fourth-order valence-electron chi connectivity index (χ4n) is 6.77. The molecule has 5 heteroatoms. The molecule has 0 unspecified atom stereocenters. The molecule has 1 aliphatic heterocycles. The lowest BCUT2D eigenvalue weighted by Crippen LogP contribution is -2.72. The third kappa shape index (κ3) is 3.55. The van der Waals surface area contributed by atoms with Crippen LogP contribution in [0.2, 0.25) is 0 Å². The minimum Gasteiger partial charge on any atom is -0.462 e. The Morgan fingerprint density at radius 3 is 2.38 bits per heavy atom. The van der Waals surface area contributed by atoms with Gasteiger partial charge in [-0.3, -0.25) is 14.6 Å². The van der Waals surface area contributed by atoms with Gasteiger partial charge in [-0.15, -0.1) is 0 Å². The lowest BCUT2D eigenvalue weighted by molar-refractivity contribution is -0.204. The number of carbonyl (C=O) groups is 2. The smallest absolute Gasteiger partial charge is 0.303 e. The van der Waals surface area contributed by atoms with Crippen molar-refractivity contribution in [1.29, 1.82) is 0 Å². The number of allylic oxidation sites excluding steroid dienone is 1. The number of esters is 2. The van der Waals surface area contributed by atoms with E-state index in [-0.39, 0.29) is 34.2 Å². The zero-order valence-electron chi connectivity index (χ0n) is 19.0.